The van der Waals surface area contributed by atoms with Gasteiger partial charge >= 0.3 is 0 Å². The summed E-state index contributed by atoms with van der Waals surface area (Å²) in [5.74, 6) is 0.932. The van der Waals surface area contributed by atoms with Crippen molar-refractivity contribution in [1.29, 1.82) is 0 Å². The van der Waals surface area contributed by atoms with Crippen molar-refractivity contribution in [3.8, 4) is 5.75 Å². The van der Waals surface area contributed by atoms with Crippen LogP contribution in [-0.4, -0.2) is 41.7 Å². The molecule has 2 aromatic carbocycles. The quantitative estimate of drug-likeness (QED) is 0.721. The fourth-order valence-electron chi connectivity index (χ4n) is 3.49. The molecule has 1 aliphatic heterocycles. The lowest BCUT2D eigenvalue weighted by Crippen LogP contribution is -2.38. The van der Waals surface area contributed by atoms with Crippen molar-refractivity contribution < 1.29 is 9.47 Å². The third kappa shape index (κ3) is 3.41. The molecular weight excluding hydrogens is 326 g/mol. The molecule has 5 nitrogen and oxygen atoms in total. The van der Waals surface area contributed by atoms with Gasteiger partial charge in [0.15, 0.2) is 0 Å². The van der Waals surface area contributed by atoms with Crippen LogP contribution < -0.4 is 4.74 Å². The number of aromatic nitrogens is 2. The normalized spacial score (nSPS) is 18.2. The molecule has 0 N–H and O–H groups in total. The number of fused-ring (bicyclic) bond motifs is 1. The van der Waals surface area contributed by atoms with E-state index in [9.17, 15) is 0 Å². The lowest BCUT2D eigenvalue weighted by molar-refractivity contribution is -0.0352. The Hall–Kier alpha value is -2.50. The summed E-state index contributed by atoms with van der Waals surface area (Å²) in [6.45, 7) is 5.14. The molecule has 0 aliphatic carbocycles. The highest BCUT2D eigenvalue weighted by Crippen LogP contribution is 2.30. The van der Waals surface area contributed by atoms with Gasteiger partial charge in [-0.3, -0.25) is 14.9 Å². The van der Waals surface area contributed by atoms with Crippen LogP contribution in [0, 0.1) is 6.92 Å². The minimum absolute atomic E-state index is 0.0437. The van der Waals surface area contributed by atoms with Crippen LogP contribution in [0.4, 0.5) is 0 Å². The van der Waals surface area contributed by atoms with E-state index in [4.69, 9.17) is 9.47 Å². The lowest BCUT2D eigenvalue weighted by atomic mass is 10.0. The van der Waals surface area contributed by atoms with Crippen LogP contribution >= 0.6 is 0 Å². The van der Waals surface area contributed by atoms with E-state index in [1.54, 1.807) is 13.3 Å². The lowest BCUT2D eigenvalue weighted by Gasteiger charge is -2.33. The highest BCUT2D eigenvalue weighted by atomic mass is 16.5. The molecule has 0 amide bonds. The molecule has 5 heteroatoms. The molecule has 1 aliphatic rings. The second-order valence-corrected chi connectivity index (χ2v) is 6.64. The topological polar surface area (TPSA) is 47.5 Å². The Morgan fingerprint density at radius 1 is 1.15 bits per heavy atom. The molecule has 0 radical (unpaired) electrons. The third-order valence-electron chi connectivity index (χ3n) is 4.88. The van der Waals surface area contributed by atoms with E-state index >= 15 is 0 Å². The van der Waals surface area contributed by atoms with Gasteiger partial charge in [-0.1, -0.05) is 30.3 Å². The molecule has 0 unspecified atom stereocenters. The number of aryl methyl sites for hydroxylation is 1. The summed E-state index contributed by atoms with van der Waals surface area (Å²) in [5.41, 5.74) is 3.04. The first kappa shape index (κ1) is 16.9. The Morgan fingerprint density at radius 2 is 2.04 bits per heavy atom. The smallest absolute Gasteiger partial charge is 0.123 e. The number of nitrogens with zero attached hydrogens (tertiary/aromatic N) is 3. The second-order valence-electron chi connectivity index (χ2n) is 6.64. The fourth-order valence-corrected chi connectivity index (χ4v) is 3.49. The van der Waals surface area contributed by atoms with Gasteiger partial charge in [-0.2, -0.15) is 0 Å². The van der Waals surface area contributed by atoms with Crippen molar-refractivity contribution in [1.82, 2.24) is 14.9 Å². The molecule has 0 saturated carbocycles. The van der Waals surface area contributed by atoms with Crippen LogP contribution in [0.25, 0.3) is 10.8 Å². The van der Waals surface area contributed by atoms with E-state index in [1.165, 1.54) is 16.3 Å². The summed E-state index contributed by atoms with van der Waals surface area (Å²) < 4.78 is 11.6. The van der Waals surface area contributed by atoms with Crippen LogP contribution in [0.3, 0.4) is 0 Å². The van der Waals surface area contributed by atoms with E-state index in [0.717, 1.165) is 36.8 Å². The van der Waals surface area contributed by atoms with Crippen molar-refractivity contribution in [3.63, 3.8) is 0 Å². The molecule has 2 heterocycles. The van der Waals surface area contributed by atoms with E-state index in [2.05, 4.69) is 51.3 Å². The van der Waals surface area contributed by atoms with E-state index in [0.29, 0.717) is 6.61 Å². The van der Waals surface area contributed by atoms with Crippen LogP contribution in [0.5, 0.6) is 5.75 Å². The zero-order valence-electron chi connectivity index (χ0n) is 15.2. The van der Waals surface area contributed by atoms with Gasteiger partial charge in [0.05, 0.1) is 31.3 Å². The number of hydrogen-bond donors (Lipinski definition) is 0. The maximum atomic E-state index is 5.94. The Labute approximate surface area is 153 Å². The number of benzene rings is 2. The summed E-state index contributed by atoms with van der Waals surface area (Å²) in [6, 6.07) is 12.6. The SMILES string of the molecule is COc1ccc2ccccc2c1CN1CCO[C@@H](c2cnc(C)cn2)C1. The van der Waals surface area contributed by atoms with Crippen LogP contribution in [0.2, 0.25) is 0 Å². The maximum absolute atomic E-state index is 5.94. The molecule has 0 spiro atoms. The summed E-state index contributed by atoms with van der Waals surface area (Å²) in [6.07, 6.45) is 3.57. The van der Waals surface area contributed by atoms with Crippen molar-refractivity contribution in [2.24, 2.45) is 0 Å². The predicted molar refractivity (Wildman–Crippen MR) is 101 cm³/mol. The van der Waals surface area contributed by atoms with Crippen LogP contribution in [0.1, 0.15) is 23.1 Å². The number of hydrogen-bond acceptors (Lipinski definition) is 5. The maximum Gasteiger partial charge on any atom is 0.123 e. The highest BCUT2D eigenvalue weighted by molar-refractivity contribution is 5.87. The number of ether oxygens (including phenoxy) is 2. The minimum atomic E-state index is -0.0437. The molecule has 1 aromatic heterocycles. The van der Waals surface area contributed by atoms with Gasteiger partial charge in [0.25, 0.3) is 0 Å². The zero-order valence-corrected chi connectivity index (χ0v) is 15.2. The van der Waals surface area contributed by atoms with Gasteiger partial charge in [0.1, 0.15) is 11.9 Å². The monoisotopic (exact) mass is 349 g/mol. The first-order valence-corrected chi connectivity index (χ1v) is 8.91. The van der Waals surface area contributed by atoms with Crippen molar-refractivity contribution in [2.75, 3.05) is 26.8 Å². The predicted octanol–water partition coefficient (Wildman–Crippen LogP) is 3.52. The summed E-state index contributed by atoms with van der Waals surface area (Å²) in [4.78, 5) is 11.2. The van der Waals surface area contributed by atoms with Gasteiger partial charge in [-0.25, -0.2) is 0 Å². The van der Waals surface area contributed by atoms with Crippen molar-refractivity contribution in [2.45, 2.75) is 19.6 Å². The summed E-state index contributed by atoms with van der Waals surface area (Å²) in [5, 5.41) is 2.47. The summed E-state index contributed by atoms with van der Waals surface area (Å²) >= 11 is 0. The molecule has 1 fully saturated rings. The Balaban J connectivity index is 1.59. The fraction of sp³-hybridized carbons (Fsp3) is 0.333. The summed E-state index contributed by atoms with van der Waals surface area (Å²) in [7, 11) is 1.73. The first-order valence-electron chi connectivity index (χ1n) is 8.91. The van der Waals surface area contributed by atoms with Gasteiger partial charge in [0, 0.05) is 31.4 Å². The molecule has 4 rings (SSSR count). The van der Waals surface area contributed by atoms with Crippen molar-refractivity contribution >= 4 is 10.8 Å². The zero-order chi connectivity index (χ0) is 17.9. The van der Waals surface area contributed by atoms with Gasteiger partial charge in [-0.05, 0) is 23.8 Å². The minimum Gasteiger partial charge on any atom is -0.496 e. The van der Waals surface area contributed by atoms with Crippen LogP contribution in [0.15, 0.2) is 48.8 Å². The molecule has 0 bridgehead atoms. The van der Waals surface area contributed by atoms with Gasteiger partial charge in [-0.15, -0.1) is 0 Å². The van der Waals surface area contributed by atoms with E-state index in [-0.39, 0.29) is 6.10 Å². The average molecular weight is 349 g/mol. The Kier molecular flexibility index (Phi) is 4.82. The highest BCUT2D eigenvalue weighted by Gasteiger charge is 2.24. The molecular formula is C21H23N3O2. The largest absolute Gasteiger partial charge is 0.496 e. The number of methoxy groups -OCH3 is 1. The third-order valence-corrected chi connectivity index (χ3v) is 4.88. The molecule has 26 heavy (non-hydrogen) atoms. The first-order chi connectivity index (χ1) is 12.7. The molecule has 3 aromatic rings. The van der Waals surface area contributed by atoms with E-state index in [1.807, 2.05) is 13.1 Å². The molecule has 134 valence electrons. The Bertz CT molecular complexity index is 895. The number of morpholine rings is 1. The molecule has 1 atom stereocenters. The van der Waals surface area contributed by atoms with Crippen LogP contribution in [-0.2, 0) is 11.3 Å². The average Bonchev–Trinajstić information content (AvgIpc) is 2.69. The van der Waals surface area contributed by atoms with Gasteiger partial charge < -0.3 is 9.47 Å². The van der Waals surface area contributed by atoms with Crippen molar-refractivity contribution in [3.05, 3.63) is 65.7 Å². The Morgan fingerprint density at radius 3 is 2.85 bits per heavy atom. The number of rotatable bonds is 4. The standard InChI is InChI=1S/C21H23N3O2/c1-15-11-23-19(12-22-15)21-14-24(9-10-26-21)13-18-17-6-4-3-5-16(17)7-8-20(18)25-2/h3-8,11-12,21H,9-10,13-14H2,1-2H3/t21-/m1/s1. The van der Waals surface area contributed by atoms with E-state index < -0.39 is 0 Å². The van der Waals surface area contributed by atoms with Gasteiger partial charge in [0.2, 0.25) is 0 Å². The second kappa shape index (κ2) is 7.40. The molecule has 1 saturated heterocycles.